The molecular formula is C17H17FN2O4. The summed E-state index contributed by atoms with van der Waals surface area (Å²) in [6.07, 6.45) is 1.73. The third-order valence-electron chi connectivity index (χ3n) is 3.32. The van der Waals surface area contributed by atoms with Crippen LogP contribution in [0.25, 0.3) is 0 Å². The maximum absolute atomic E-state index is 13.2. The summed E-state index contributed by atoms with van der Waals surface area (Å²) >= 11 is 0. The van der Waals surface area contributed by atoms with Gasteiger partial charge in [-0.3, -0.25) is 4.79 Å². The van der Waals surface area contributed by atoms with Crippen LogP contribution in [0.3, 0.4) is 0 Å². The first-order valence-corrected chi connectivity index (χ1v) is 7.16. The summed E-state index contributed by atoms with van der Waals surface area (Å²) in [5.41, 5.74) is 0.836. The van der Waals surface area contributed by atoms with Crippen LogP contribution in [0.1, 0.15) is 15.9 Å². The number of hydrogen-bond donors (Lipinski definition) is 1. The second-order valence-corrected chi connectivity index (χ2v) is 4.97. The number of hydrogen-bond acceptors (Lipinski definition) is 5. The minimum Gasteiger partial charge on any atom is -0.481 e. The van der Waals surface area contributed by atoms with Crippen molar-refractivity contribution in [3.8, 4) is 5.88 Å². The summed E-state index contributed by atoms with van der Waals surface area (Å²) in [6.45, 7) is 0. The monoisotopic (exact) mass is 332 g/mol. The molecule has 0 radical (unpaired) electrons. The molecule has 0 aliphatic heterocycles. The van der Waals surface area contributed by atoms with Crippen LogP contribution in [0.5, 0.6) is 5.88 Å². The van der Waals surface area contributed by atoms with Gasteiger partial charge >= 0.3 is 5.97 Å². The van der Waals surface area contributed by atoms with Crippen LogP contribution in [-0.2, 0) is 16.0 Å². The van der Waals surface area contributed by atoms with Crippen molar-refractivity contribution in [1.29, 1.82) is 0 Å². The number of nitrogens with one attached hydrogen (secondary N) is 1. The van der Waals surface area contributed by atoms with Crippen molar-refractivity contribution >= 4 is 11.9 Å². The summed E-state index contributed by atoms with van der Waals surface area (Å²) in [6, 6.07) is 7.68. The highest BCUT2D eigenvalue weighted by atomic mass is 19.1. The van der Waals surface area contributed by atoms with Gasteiger partial charge in [-0.1, -0.05) is 12.1 Å². The molecule has 1 N–H and O–H groups in total. The van der Waals surface area contributed by atoms with Crippen molar-refractivity contribution in [3.63, 3.8) is 0 Å². The first-order valence-electron chi connectivity index (χ1n) is 7.16. The van der Waals surface area contributed by atoms with Gasteiger partial charge in [0.15, 0.2) is 0 Å². The number of methoxy groups -OCH3 is 2. The molecule has 24 heavy (non-hydrogen) atoms. The van der Waals surface area contributed by atoms with Gasteiger partial charge in [0.1, 0.15) is 11.9 Å². The molecule has 0 spiro atoms. The molecule has 0 unspecified atom stereocenters. The largest absolute Gasteiger partial charge is 0.481 e. The molecule has 1 aromatic heterocycles. The number of halogens is 1. The van der Waals surface area contributed by atoms with Gasteiger partial charge in [0.2, 0.25) is 5.88 Å². The molecule has 0 fully saturated rings. The first kappa shape index (κ1) is 17.4. The lowest BCUT2D eigenvalue weighted by Crippen LogP contribution is -2.43. The fraction of sp³-hybridized carbons (Fsp3) is 0.235. The number of amides is 1. The van der Waals surface area contributed by atoms with E-state index in [1.165, 1.54) is 32.4 Å². The van der Waals surface area contributed by atoms with E-state index in [4.69, 9.17) is 9.47 Å². The number of esters is 1. The lowest BCUT2D eigenvalue weighted by Gasteiger charge is -2.16. The fourth-order valence-electron chi connectivity index (χ4n) is 2.09. The Balaban J connectivity index is 2.12. The van der Waals surface area contributed by atoms with Crippen molar-refractivity contribution < 1.29 is 23.5 Å². The SMILES string of the molecule is COC(=O)[C@@H](Cc1ccc(OC)nc1)NC(=O)c1cccc(F)c1. The van der Waals surface area contributed by atoms with Gasteiger partial charge in [-0.05, 0) is 23.8 Å². The van der Waals surface area contributed by atoms with Crippen molar-refractivity contribution in [3.05, 3.63) is 59.5 Å². The van der Waals surface area contributed by atoms with Gasteiger partial charge in [-0.15, -0.1) is 0 Å². The highest BCUT2D eigenvalue weighted by molar-refractivity contribution is 5.96. The standard InChI is InChI=1S/C17H17FN2O4/c1-23-15-7-6-11(10-19-15)8-14(17(22)24-2)20-16(21)12-4-3-5-13(18)9-12/h3-7,9-10,14H,8H2,1-2H3,(H,20,21)/t14-/m1/s1. The molecular weight excluding hydrogens is 315 g/mol. The van der Waals surface area contributed by atoms with Gasteiger partial charge in [0.05, 0.1) is 14.2 Å². The van der Waals surface area contributed by atoms with Crippen molar-refractivity contribution in [2.24, 2.45) is 0 Å². The third kappa shape index (κ3) is 4.52. The predicted molar refractivity (Wildman–Crippen MR) is 84.2 cm³/mol. The van der Waals surface area contributed by atoms with E-state index >= 15 is 0 Å². The molecule has 0 saturated carbocycles. The van der Waals surface area contributed by atoms with Crippen molar-refractivity contribution in [2.75, 3.05) is 14.2 Å². The second kappa shape index (κ2) is 8.05. The number of carbonyl (C=O) groups is 2. The molecule has 2 rings (SSSR count). The summed E-state index contributed by atoms with van der Waals surface area (Å²) < 4.78 is 22.9. The Morgan fingerprint density at radius 3 is 2.62 bits per heavy atom. The van der Waals surface area contributed by atoms with Gasteiger partial charge in [-0.25, -0.2) is 14.2 Å². The molecule has 126 valence electrons. The average molecular weight is 332 g/mol. The first-order chi connectivity index (χ1) is 11.5. The quantitative estimate of drug-likeness (QED) is 0.816. The molecule has 0 bridgehead atoms. The van der Waals surface area contributed by atoms with Crippen LogP contribution in [-0.4, -0.2) is 37.1 Å². The molecule has 0 aliphatic carbocycles. The molecule has 0 aliphatic rings. The lowest BCUT2D eigenvalue weighted by atomic mass is 10.1. The number of carbonyl (C=O) groups excluding carboxylic acids is 2. The molecule has 1 aromatic carbocycles. The Kier molecular flexibility index (Phi) is 5.83. The van der Waals surface area contributed by atoms with Crippen LogP contribution >= 0.6 is 0 Å². The number of benzene rings is 1. The molecule has 6 nitrogen and oxygen atoms in total. The Morgan fingerprint density at radius 2 is 2.04 bits per heavy atom. The summed E-state index contributed by atoms with van der Waals surface area (Å²) in [5, 5.41) is 2.55. The van der Waals surface area contributed by atoms with Crippen LogP contribution in [0, 0.1) is 5.82 Å². The summed E-state index contributed by atoms with van der Waals surface area (Å²) in [7, 11) is 2.73. The molecule has 7 heteroatoms. The zero-order chi connectivity index (χ0) is 17.5. The van der Waals surface area contributed by atoms with E-state index in [0.29, 0.717) is 11.4 Å². The normalized spacial score (nSPS) is 11.5. The van der Waals surface area contributed by atoms with E-state index in [1.807, 2.05) is 0 Å². The highest BCUT2D eigenvalue weighted by Gasteiger charge is 2.23. The zero-order valence-electron chi connectivity index (χ0n) is 13.3. The minimum absolute atomic E-state index is 0.122. The number of aromatic nitrogens is 1. The molecule has 1 atom stereocenters. The molecule has 0 saturated heterocycles. The number of ether oxygens (including phenoxy) is 2. The van der Waals surface area contributed by atoms with E-state index in [-0.39, 0.29) is 12.0 Å². The van der Waals surface area contributed by atoms with Crippen LogP contribution in [0.15, 0.2) is 42.6 Å². The Morgan fingerprint density at radius 1 is 1.25 bits per heavy atom. The highest BCUT2D eigenvalue weighted by Crippen LogP contribution is 2.10. The van der Waals surface area contributed by atoms with Gasteiger partial charge in [-0.2, -0.15) is 0 Å². The summed E-state index contributed by atoms with van der Waals surface area (Å²) in [5.74, 6) is -1.25. The molecule has 2 aromatic rings. The average Bonchev–Trinajstić information content (AvgIpc) is 2.61. The van der Waals surface area contributed by atoms with E-state index in [1.54, 1.807) is 18.3 Å². The van der Waals surface area contributed by atoms with Crippen LogP contribution in [0.4, 0.5) is 4.39 Å². The molecule has 1 amide bonds. The van der Waals surface area contributed by atoms with E-state index < -0.39 is 23.7 Å². The van der Waals surface area contributed by atoms with E-state index in [9.17, 15) is 14.0 Å². The van der Waals surface area contributed by atoms with Gasteiger partial charge in [0.25, 0.3) is 5.91 Å². The summed E-state index contributed by atoms with van der Waals surface area (Å²) in [4.78, 5) is 28.2. The Labute approximate surface area is 138 Å². The number of rotatable bonds is 6. The number of nitrogens with zero attached hydrogens (tertiary/aromatic N) is 1. The minimum atomic E-state index is -0.916. The smallest absolute Gasteiger partial charge is 0.328 e. The maximum Gasteiger partial charge on any atom is 0.328 e. The lowest BCUT2D eigenvalue weighted by molar-refractivity contribution is -0.142. The van der Waals surface area contributed by atoms with Gasteiger partial charge in [0, 0.05) is 24.2 Å². The maximum atomic E-state index is 13.2. The van der Waals surface area contributed by atoms with Crippen molar-refractivity contribution in [2.45, 2.75) is 12.5 Å². The predicted octanol–water partition coefficient (Wildman–Crippen LogP) is 1.74. The third-order valence-corrected chi connectivity index (χ3v) is 3.32. The molecule has 1 heterocycles. The van der Waals surface area contributed by atoms with Crippen molar-refractivity contribution in [1.82, 2.24) is 10.3 Å². The van der Waals surface area contributed by atoms with E-state index in [2.05, 4.69) is 10.3 Å². The van der Waals surface area contributed by atoms with Gasteiger partial charge < -0.3 is 14.8 Å². The van der Waals surface area contributed by atoms with E-state index in [0.717, 1.165) is 6.07 Å². The Hall–Kier alpha value is -2.96. The zero-order valence-corrected chi connectivity index (χ0v) is 13.3. The second-order valence-electron chi connectivity index (χ2n) is 4.97. The topological polar surface area (TPSA) is 77.5 Å². The fourth-order valence-corrected chi connectivity index (χ4v) is 2.09. The number of pyridine rings is 1. The van der Waals surface area contributed by atoms with Crippen LogP contribution < -0.4 is 10.1 Å². The van der Waals surface area contributed by atoms with Crippen LogP contribution in [0.2, 0.25) is 0 Å². The Bertz CT molecular complexity index is 719.